The Hall–Kier alpha value is -1.56. The molecular weight excluding hydrogens is 336 g/mol. The van der Waals surface area contributed by atoms with Crippen molar-refractivity contribution < 1.29 is 14.3 Å². The van der Waals surface area contributed by atoms with Crippen molar-refractivity contribution in [1.82, 2.24) is 5.32 Å². The first-order valence-electron chi connectivity index (χ1n) is 7.14. The second-order valence-electron chi connectivity index (χ2n) is 4.99. The van der Waals surface area contributed by atoms with Gasteiger partial charge in [-0.2, -0.15) is 0 Å². The lowest BCUT2D eigenvalue weighted by molar-refractivity contribution is 0.0526. The highest BCUT2D eigenvalue weighted by Crippen LogP contribution is 2.24. The molecule has 0 radical (unpaired) electrons. The molecule has 1 fully saturated rings. The van der Waals surface area contributed by atoms with E-state index in [4.69, 9.17) is 4.74 Å². The maximum Gasteiger partial charge on any atom is 0.338 e. The van der Waals surface area contributed by atoms with Gasteiger partial charge >= 0.3 is 12.0 Å². The van der Waals surface area contributed by atoms with E-state index in [2.05, 4.69) is 26.6 Å². The molecule has 1 aromatic carbocycles. The number of amides is 2. The number of hydrogen-bond acceptors (Lipinski definition) is 3. The van der Waals surface area contributed by atoms with Crippen molar-refractivity contribution in [1.29, 1.82) is 0 Å². The summed E-state index contributed by atoms with van der Waals surface area (Å²) in [5, 5.41) is 5.74. The Morgan fingerprint density at radius 1 is 1.33 bits per heavy atom. The van der Waals surface area contributed by atoms with Crippen LogP contribution in [0.4, 0.5) is 10.5 Å². The van der Waals surface area contributed by atoms with E-state index in [0.717, 1.165) is 12.8 Å². The maximum absolute atomic E-state index is 11.9. The van der Waals surface area contributed by atoms with Crippen LogP contribution in [0.5, 0.6) is 0 Å². The molecule has 2 N–H and O–H groups in total. The van der Waals surface area contributed by atoms with Crippen LogP contribution < -0.4 is 10.6 Å². The van der Waals surface area contributed by atoms with Crippen molar-refractivity contribution in [3.8, 4) is 0 Å². The first-order valence-corrected chi connectivity index (χ1v) is 7.93. The highest BCUT2D eigenvalue weighted by molar-refractivity contribution is 9.10. The predicted octanol–water partition coefficient (Wildman–Crippen LogP) is 3.69. The van der Waals surface area contributed by atoms with Crippen LogP contribution in [-0.2, 0) is 4.74 Å². The van der Waals surface area contributed by atoms with Gasteiger partial charge in [-0.25, -0.2) is 9.59 Å². The Balaban J connectivity index is 1.96. The quantitative estimate of drug-likeness (QED) is 0.810. The van der Waals surface area contributed by atoms with Gasteiger partial charge in [-0.05, 0) is 53.9 Å². The van der Waals surface area contributed by atoms with Gasteiger partial charge in [0.2, 0.25) is 0 Å². The highest BCUT2D eigenvalue weighted by atomic mass is 79.9. The average Bonchev–Trinajstić information content (AvgIpc) is 2.94. The SMILES string of the molecule is CCOC(=O)c1ccc(NC(=O)NC2CCCC2)c(Br)c1. The number of nitrogens with one attached hydrogen (secondary N) is 2. The third-order valence-electron chi connectivity index (χ3n) is 3.42. The molecule has 0 saturated heterocycles. The minimum absolute atomic E-state index is 0.216. The zero-order valence-electron chi connectivity index (χ0n) is 11.9. The molecule has 1 aromatic rings. The molecular formula is C15H19BrN2O3. The Morgan fingerprint density at radius 3 is 2.67 bits per heavy atom. The van der Waals surface area contributed by atoms with E-state index >= 15 is 0 Å². The van der Waals surface area contributed by atoms with Crippen LogP contribution in [0.15, 0.2) is 22.7 Å². The molecule has 6 heteroatoms. The van der Waals surface area contributed by atoms with E-state index in [0.29, 0.717) is 22.3 Å². The largest absolute Gasteiger partial charge is 0.462 e. The Morgan fingerprint density at radius 2 is 2.05 bits per heavy atom. The van der Waals surface area contributed by atoms with Gasteiger partial charge in [0.05, 0.1) is 17.9 Å². The fourth-order valence-electron chi connectivity index (χ4n) is 2.37. The molecule has 0 atom stereocenters. The maximum atomic E-state index is 11.9. The summed E-state index contributed by atoms with van der Waals surface area (Å²) in [6, 6.07) is 5.01. The van der Waals surface area contributed by atoms with Gasteiger partial charge in [0.15, 0.2) is 0 Å². The smallest absolute Gasteiger partial charge is 0.338 e. The van der Waals surface area contributed by atoms with Gasteiger partial charge in [-0.15, -0.1) is 0 Å². The first-order chi connectivity index (χ1) is 10.1. The summed E-state index contributed by atoms with van der Waals surface area (Å²) in [5.74, 6) is -0.375. The zero-order chi connectivity index (χ0) is 15.2. The molecule has 2 rings (SSSR count). The van der Waals surface area contributed by atoms with Crippen LogP contribution in [0, 0.1) is 0 Å². The van der Waals surface area contributed by atoms with Crippen molar-refractivity contribution in [2.75, 3.05) is 11.9 Å². The number of benzene rings is 1. The van der Waals surface area contributed by atoms with Crippen molar-refractivity contribution in [2.45, 2.75) is 38.6 Å². The molecule has 0 bridgehead atoms. The summed E-state index contributed by atoms with van der Waals surface area (Å²) in [7, 11) is 0. The molecule has 1 saturated carbocycles. The van der Waals surface area contributed by atoms with Crippen molar-refractivity contribution in [3.05, 3.63) is 28.2 Å². The standard InChI is InChI=1S/C15H19BrN2O3/c1-2-21-14(19)10-7-8-13(12(16)9-10)18-15(20)17-11-5-3-4-6-11/h7-9,11H,2-6H2,1H3,(H2,17,18,20). The van der Waals surface area contributed by atoms with E-state index in [1.165, 1.54) is 12.8 Å². The number of esters is 1. The first kappa shape index (κ1) is 15.8. The summed E-state index contributed by atoms with van der Waals surface area (Å²) < 4.78 is 5.58. The third-order valence-corrected chi connectivity index (χ3v) is 4.07. The molecule has 21 heavy (non-hydrogen) atoms. The lowest BCUT2D eigenvalue weighted by Gasteiger charge is -2.14. The fourth-order valence-corrected chi connectivity index (χ4v) is 2.85. The van der Waals surface area contributed by atoms with E-state index in [1.807, 2.05) is 0 Å². The molecule has 2 amide bonds. The zero-order valence-corrected chi connectivity index (χ0v) is 13.5. The summed E-state index contributed by atoms with van der Waals surface area (Å²) >= 11 is 3.36. The molecule has 0 spiro atoms. The van der Waals surface area contributed by atoms with Crippen molar-refractivity contribution in [2.24, 2.45) is 0 Å². The minimum atomic E-state index is -0.375. The van der Waals surface area contributed by atoms with Gasteiger partial charge in [-0.3, -0.25) is 0 Å². The fraction of sp³-hybridized carbons (Fsp3) is 0.467. The summed E-state index contributed by atoms with van der Waals surface area (Å²) in [5.41, 5.74) is 1.07. The predicted molar refractivity (Wildman–Crippen MR) is 84.5 cm³/mol. The molecule has 1 aliphatic rings. The van der Waals surface area contributed by atoms with Crippen LogP contribution in [0.1, 0.15) is 43.0 Å². The van der Waals surface area contributed by atoms with Crippen molar-refractivity contribution in [3.63, 3.8) is 0 Å². The Kier molecular flexibility index (Phi) is 5.61. The monoisotopic (exact) mass is 354 g/mol. The number of anilines is 1. The van der Waals surface area contributed by atoms with E-state index < -0.39 is 0 Å². The van der Waals surface area contributed by atoms with Gasteiger partial charge < -0.3 is 15.4 Å². The van der Waals surface area contributed by atoms with E-state index in [9.17, 15) is 9.59 Å². The van der Waals surface area contributed by atoms with Crippen LogP contribution in [0.25, 0.3) is 0 Å². The minimum Gasteiger partial charge on any atom is -0.462 e. The van der Waals surface area contributed by atoms with E-state index in [-0.39, 0.29) is 18.0 Å². The summed E-state index contributed by atoms with van der Waals surface area (Å²) in [4.78, 5) is 23.5. The van der Waals surface area contributed by atoms with Crippen LogP contribution in [0.2, 0.25) is 0 Å². The van der Waals surface area contributed by atoms with Gasteiger partial charge in [0.1, 0.15) is 0 Å². The topological polar surface area (TPSA) is 67.4 Å². The molecule has 0 heterocycles. The molecule has 114 valence electrons. The van der Waals surface area contributed by atoms with Crippen LogP contribution in [0.3, 0.4) is 0 Å². The number of halogens is 1. The molecule has 5 nitrogen and oxygen atoms in total. The van der Waals surface area contributed by atoms with Crippen molar-refractivity contribution >= 4 is 33.6 Å². The Bertz CT molecular complexity index is 528. The second-order valence-corrected chi connectivity index (χ2v) is 5.85. The molecule has 0 aliphatic heterocycles. The van der Waals surface area contributed by atoms with Gasteiger partial charge in [-0.1, -0.05) is 12.8 Å². The number of rotatable bonds is 4. The molecule has 0 aromatic heterocycles. The number of ether oxygens (including phenoxy) is 1. The summed E-state index contributed by atoms with van der Waals surface area (Å²) in [6.45, 7) is 2.09. The van der Waals surface area contributed by atoms with E-state index in [1.54, 1.807) is 25.1 Å². The Labute approximate surface area is 132 Å². The number of carbonyl (C=O) groups excluding carboxylic acids is 2. The highest BCUT2D eigenvalue weighted by Gasteiger charge is 2.17. The summed E-state index contributed by atoms with van der Waals surface area (Å²) in [6.07, 6.45) is 4.42. The lowest BCUT2D eigenvalue weighted by Crippen LogP contribution is -2.36. The number of carbonyl (C=O) groups is 2. The number of urea groups is 1. The average molecular weight is 355 g/mol. The third kappa shape index (κ3) is 4.46. The van der Waals surface area contributed by atoms with Crippen LogP contribution in [-0.4, -0.2) is 24.6 Å². The van der Waals surface area contributed by atoms with Crippen LogP contribution >= 0.6 is 15.9 Å². The molecule has 0 unspecified atom stereocenters. The molecule has 1 aliphatic carbocycles. The van der Waals surface area contributed by atoms with Gasteiger partial charge in [0.25, 0.3) is 0 Å². The lowest BCUT2D eigenvalue weighted by atomic mass is 10.2. The second kappa shape index (κ2) is 7.45. The van der Waals surface area contributed by atoms with Gasteiger partial charge in [0, 0.05) is 10.5 Å². The number of hydrogen-bond donors (Lipinski definition) is 2. The normalized spacial score (nSPS) is 14.8.